The zero-order chi connectivity index (χ0) is 14.9. The normalized spacial score (nSPS) is 13.7. The molecule has 1 aromatic heterocycles. The lowest BCUT2D eigenvalue weighted by Crippen LogP contribution is -2.38. The summed E-state index contributed by atoms with van der Waals surface area (Å²) >= 11 is 0. The highest BCUT2D eigenvalue weighted by Crippen LogP contribution is 2.24. The largest absolute Gasteiger partial charge is 0.387 e. The third-order valence-corrected chi connectivity index (χ3v) is 3.06. The number of rotatable bonds is 3. The molecule has 3 N–H and O–H groups in total. The fourth-order valence-electron chi connectivity index (χ4n) is 2.04. The molecule has 0 aliphatic carbocycles. The minimum Gasteiger partial charge on any atom is -0.387 e. The zero-order valence-electron chi connectivity index (χ0n) is 11.8. The topological polar surface area (TPSA) is 65.1 Å². The molecule has 0 fully saturated rings. The number of fused-ring (bicyclic) bond motifs is 1. The van der Waals surface area contributed by atoms with Crippen LogP contribution in [0, 0.1) is 5.82 Å². The van der Waals surface area contributed by atoms with Crippen molar-refractivity contribution in [2.45, 2.75) is 32.4 Å². The van der Waals surface area contributed by atoms with Crippen LogP contribution in [0.4, 0.5) is 4.39 Å². The van der Waals surface area contributed by atoms with Crippen LogP contribution in [-0.4, -0.2) is 22.2 Å². The first-order valence-corrected chi connectivity index (χ1v) is 6.52. The molecule has 108 valence electrons. The van der Waals surface area contributed by atoms with Gasteiger partial charge in [0, 0.05) is 23.5 Å². The van der Waals surface area contributed by atoms with Gasteiger partial charge in [-0.2, -0.15) is 0 Å². The van der Waals surface area contributed by atoms with Crippen LogP contribution in [-0.2, 0) is 0 Å². The molecule has 4 nitrogen and oxygen atoms in total. The number of hydrogen-bond acceptors (Lipinski definition) is 3. The van der Waals surface area contributed by atoms with E-state index in [1.54, 1.807) is 6.07 Å². The van der Waals surface area contributed by atoms with E-state index < -0.39 is 11.9 Å². The molecule has 2 aromatic rings. The molecule has 0 bridgehead atoms. The number of nitrogens with one attached hydrogen (secondary N) is 2. The summed E-state index contributed by atoms with van der Waals surface area (Å²) < 4.78 is 13.7. The third-order valence-electron chi connectivity index (χ3n) is 3.06. The van der Waals surface area contributed by atoms with Gasteiger partial charge in [0.05, 0.1) is 11.6 Å². The minimum atomic E-state index is -0.775. The highest BCUT2D eigenvalue weighted by Gasteiger charge is 2.17. The lowest BCUT2D eigenvalue weighted by atomic mass is 10.0. The fourth-order valence-corrected chi connectivity index (χ4v) is 2.04. The van der Waals surface area contributed by atoms with Crippen molar-refractivity contribution in [2.24, 2.45) is 0 Å². The number of benzene rings is 1. The van der Waals surface area contributed by atoms with Gasteiger partial charge in [-0.25, -0.2) is 4.39 Å². The first-order valence-electron chi connectivity index (χ1n) is 6.52. The molecule has 20 heavy (non-hydrogen) atoms. The number of halogens is 1. The van der Waals surface area contributed by atoms with Crippen LogP contribution in [0.15, 0.2) is 29.1 Å². The number of β-amino-alcohol motifs (C(OH)–C–C–N with tert-alkyl or cyclic N) is 1. The SMILES string of the molecule is CC(C)(C)NC[C@H](O)c1ccc(F)c2[nH]c(=O)ccc12. The van der Waals surface area contributed by atoms with E-state index in [2.05, 4.69) is 10.3 Å². The molecule has 0 amide bonds. The van der Waals surface area contributed by atoms with Crippen molar-refractivity contribution >= 4 is 10.9 Å². The summed E-state index contributed by atoms with van der Waals surface area (Å²) in [7, 11) is 0. The van der Waals surface area contributed by atoms with E-state index in [-0.39, 0.29) is 16.6 Å². The quantitative estimate of drug-likeness (QED) is 0.805. The predicted molar refractivity (Wildman–Crippen MR) is 77.2 cm³/mol. The van der Waals surface area contributed by atoms with Crippen molar-refractivity contribution in [1.29, 1.82) is 0 Å². The molecular weight excluding hydrogens is 259 g/mol. The Balaban J connectivity index is 2.40. The molecule has 1 atom stereocenters. The number of aliphatic hydroxyl groups is 1. The van der Waals surface area contributed by atoms with Crippen molar-refractivity contribution in [1.82, 2.24) is 10.3 Å². The highest BCUT2D eigenvalue weighted by atomic mass is 19.1. The Labute approximate surface area is 116 Å². The summed E-state index contributed by atoms with van der Waals surface area (Å²) in [5.74, 6) is -0.502. The van der Waals surface area contributed by atoms with Gasteiger partial charge in [0.1, 0.15) is 5.82 Å². The highest BCUT2D eigenvalue weighted by molar-refractivity contribution is 5.82. The van der Waals surface area contributed by atoms with Gasteiger partial charge in [-0.3, -0.25) is 4.79 Å². The second kappa shape index (κ2) is 5.34. The molecule has 0 saturated heterocycles. The molecule has 0 saturated carbocycles. The summed E-state index contributed by atoms with van der Waals surface area (Å²) in [5.41, 5.74) is 0.237. The van der Waals surface area contributed by atoms with E-state index in [0.717, 1.165) is 0 Å². The van der Waals surface area contributed by atoms with Crippen LogP contribution in [0.25, 0.3) is 10.9 Å². The van der Waals surface area contributed by atoms with Crippen molar-refractivity contribution in [3.8, 4) is 0 Å². The molecule has 1 aromatic carbocycles. The molecule has 5 heteroatoms. The summed E-state index contributed by atoms with van der Waals surface area (Å²) in [6.07, 6.45) is -0.775. The van der Waals surface area contributed by atoms with E-state index in [0.29, 0.717) is 17.5 Å². The van der Waals surface area contributed by atoms with Crippen LogP contribution >= 0.6 is 0 Å². The molecule has 2 rings (SSSR count). The second-order valence-corrected chi connectivity index (χ2v) is 5.89. The van der Waals surface area contributed by atoms with Crippen molar-refractivity contribution in [3.05, 3.63) is 46.0 Å². The summed E-state index contributed by atoms with van der Waals surface area (Å²) in [5, 5.41) is 14.0. The standard InChI is InChI=1S/C15H19FN2O2/c1-15(2,3)17-8-12(19)9-4-6-11(16)14-10(9)5-7-13(20)18-14/h4-7,12,17,19H,8H2,1-3H3,(H,18,20)/t12-/m0/s1. The summed E-state index contributed by atoms with van der Waals surface area (Å²) in [6, 6.07) is 5.67. The summed E-state index contributed by atoms with van der Waals surface area (Å²) in [4.78, 5) is 13.7. The maximum Gasteiger partial charge on any atom is 0.248 e. The molecule has 0 aliphatic heterocycles. The second-order valence-electron chi connectivity index (χ2n) is 5.89. The minimum absolute atomic E-state index is 0.120. The molecule has 0 aliphatic rings. The zero-order valence-corrected chi connectivity index (χ0v) is 11.8. The maximum absolute atomic E-state index is 13.7. The Kier molecular flexibility index (Phi) is 3.92. The van der Waals surface area contributed by atoms with Crippen LogP contribution in [0.2, 0.25) is 0 Å². The van der Waals surface area contributed by atoms with Crippen molar-refractivity contribution in [3.63, 3.8) is 0 Å². The van der Waals surface area contributed by atoms with Gasteiger partial charge in [-0.15, -0.1) is 0 Å². The average Bonchev–Trinajstić information content (AvgIpc) is 2.36. The van der Waals surface area contributed by atoms with Gasteiger partial charge in [0.25, 0.3) is 0 Å². The number of aromatic nitrogens is 1. The van der Waals surface area contributed by atoms with E-state index in [9.17, 15) is 14.3 Å². The van der Waals surface area contributed by atoms with Gasteiger partial charge in [-0.1, -0.05) is 6.07 Å². The lowest BCUT2D eigenvalue weighted by Gasteiger charge is -2.23. The van der Waals surface area contributed by atoms with E-state index in [4.69, 9.17) is 0 Å². The van der Waals surface area contributed by atoms with Gasteiger partial charge in [-0.05, 0) is 38.5 Å². The maximum atomic E-state index is 13.7. The van der Waals surface area contributed by atoms with Gasteiger partial charge in [0.15, 0.2) is 0 Å². The molecule has 1 heterocycles. The van der Waals surface area contributed by atoms with E-state index in [1.807, 2.05) is 20.8 Å². The van der Waals surface area contributed by atoms with Crippen molar-refractivity contribution in [2.75, 3.05) is 6.54 Å². The van der Waals surface area contributed by atoms with Crippen LogP contribution in [0.1, 0.15) is 32.4 Å². The monoisotopic (exact) mass is 278 g/mol. The van der Waals surface area contributed by atoms with E-state index >= 15 is 0 Å². The third kappa shape index (κ3) is 3.23. The Morgan fingerprint density at radius 3 is 2.65 bits per heavy atom. The number of aromatic amines is 1. The number of H-pyrrole nitrogens is 1. The van der Waals surface area contributed by atoms with E-state index in [1.165, 1.54) is 18.2 Å². The first kappa shape index (κ1) is 14.7. The Morgan fingerprint density at radius 1 is 1.30 bits per heavy atom. The average molecular weight is 278 g/mol. The fraction of sp³-hybridized carbons (Fsp3) is 0.400. The number of hydrogen-bond donors (Lipinski definition) is 3. The van der Waals surface area contributed by atoms with Crippen LogP contribution in [0.5, 0.6) is 0 Å². The smallest absolute Gasteiger partial charge is 0.248 e. The Hall–Kier alpha value is -1.72. The lowest BCUT2D eigenvalue weighted by molar-refractivity contribution is 0.164. The van der Waals surface area contributed by atoms with Crippen LogP contribution < -0.4 is 10.9 Å². The van der Waals surface area contributed by atoms with Gasteiger partial charge < -0.3 is 15.4 Å². The van der Waals surface area contributed by atoms with Crippen LogP contribution in [0.3, 0.4) is 0 Å². The molecule has 0 radical (unpaired) electrons. The number of aliphatic hydroxyl groups excluding tert-OH is 1. The van der Waals surface area contributed by atoms with Gasteiger partial charge in [0.2, 0.25) is 5.56 Å². The predicted octanol–water partition coefficient (Wildman–Crippen LogP) is 2.09. The molecule has 0 unspecified atom stereocenters. The Bertz CT molecular complexity index is 674. The van der Waals surface area contributed by atoms with Gasteiger partial charge >= 0.3 is 0 Å². The Morgan fingerprint density at radius 2 is 2.00 bits per heavy atom. The first-order chi connectivity index (χ1) is 9.28. The molecular formula is C15H19FN2O2. The number of pyridine rings is 1. The molecule has 0 spiro atoms. The summed E-state index contributed by atoms with van der Waals surface area (Å²) in [6.45, 7) is 6.35. The van der Waals surface area contributed by atoms with Crippen molar-refractivity contribution < 1.29 is 9.50 Å².